The van der Waals surface area contributed by atoms with E-state index >= 15 is 0 Å². The molecule has 0 aliphatic carbocycles. The number of benzene rings is 2. The number of carbonyl (C=O) groups excluding carboxylic acids is 2. The lowest BCUT2D eigenvalue weighted by Gasteiger charge is -2.26. The van der Waals surface area contributed by atoms with Crippen molar-refractivity contribution in [3.05, 3.63) is 65.2 Å². The Morgan fingerprint density at radius 1 is 1.06 bits per heavy atom. The molecule has 2 fully saturated rings. The van der Waals surface area contributed by atoms with Crippen molar-refractivity contribution in [2.24, 2.45) is 5.92 Å². The van der Waals surface area contributed by atoms with Crippen LogP contribution in [-0.4, -0.2) is 57.4 Å². The first-order valence-corrected chi connectivity index (χ1v) is 12.7. The number of amides is 2. The van der Waals surface area contributed by atoms with E-state index in [1.165, 1.54) is 4.31 Å². The molecule has 0 radical (unpaired) electrons. The van der Waals surface area contributed by atoms with Crippen LogP contribution in [0, 0.1) is 12.8 Å². The predicted octanol–water partition coefficient (Wildman–Crippen LogP) is 1.83. The van der Waals surface area contributed by atoms with E-state index in [1.54, 1.807) is 17.0 Å². The highest BCUT2D eigenvalue weighted by atomic mass is 32.2. The van der Waals surface area contributed by atoms with Gasteiger partial charge in [0.25, 0.3) is 0 Å². The molecule has 1 unspecified atom stereocenters. The van der Waals surface area contributed by atoms with Crippen LogP contribution in [0.5, 0.6) is 0 Å². The summed E-state index contributed by atoms with van der Waals surface area (Å²) < 4.78 is 32.3. The van der Waals surface area contributed by atoms with E-state index in [0.29, 0.717) is 38.4 Å². The summed E-state index contributed by atoms with van der Waals surface area (Å²) >= 11 is 0. The van der Waals surface area contributed by atoms with Crippen molar-refractivity contribution in [1.82, 2.24) is 9.62 Å². The summed E-state index contributed by atoms with van der Waals surface area (Å²) in [5, 5.41) is 2.90. The first-order chi connectivity index (χ1) is 15.8. The highest BCUT2D eigenvalue weighted by Gasteiger charge is 2.35. The van der Waals surface area contributed by atoms with Gasteiger partial charge in [0.2, 0.25) is 21.8 Å². The Balaban J connectivity index is 1.38. The standard InChI is InChI=1S/C24H29N3O5S/c1-18-6-8-22(9-7-18)27-16-21(14-23(27)28)24(29)25-15-19-4-2-3-5-20(19)17-33(30,31)26-10-12-32-13-11-26/h2-9,21H,10-17H2,1H3,(H,25,29). The third kappa shape index (κ3) is 5.61. The molecule has 2 aliphatic heterocycles. The van der Waals surface area contributed by atoms with E-state index in [0.717, 1.165) is 16.8 Å². The molecule has 9 heteroatoms. The zero-order valence-corrected chi connectivity index (χ0v) is 19.5. The van der Waals surface area contributed by atoms with Crippen LogP contribution in [0.3, 0.4) is 0 Å². The summed E-state index contributed by atoms with van der Waals surface area (Å²) in [6, 6.07) is 14.9. The molecule has 2 saturated heterocycles. The average Bonchev–Trinajstić information content (AvgIpc) is 3.21. The molecular formula is C24H29N3O5S. The van der Waals surface area contributed by atoms with Crippen molar-refractivity contribution in [3.63, 3.8) is 0 Å². The number of nitrogens with zero attached hydrogens (tertiary/aromatic N) is 2. The monoisotopic (exact) mass is 471 g/mol. The second-order valence-corrected chi connectivity index (χ2v) is 10.5. The van der Waals surface area contributed by atoms with Gasteiger partial charge in [0, 0.05) is 38.3 Å². The molecule has 0 spiro atoms. The largest absolute Gasteiger partial charge is 0.379 e. The van der Waals surface area contributed by atoms with Crippen molar-refractivity contribution in [2.45, 2.75) is 25.6 Å². The van der Waals surface area contributed by atoms with Gasteiger partial charge >= 0.3 is 0 Å². The Kier molecular flexibility index (Phi) is 7.11. The third-order valence-electron chi connectivity index (χ3n) is 6.11. The highest BCUT2D eigenvalue weighted by Crippen LogP contribution is 2.26. The van der Waals surface area contributed by atoms with E-state index in [9.17, 15) is 18.0 Å². The molecule has 2 aliphatic rings. The molecule has 2 aromatic carbocycles. The lowest BCUT2D eigenvalue weighted by molar-refractivity contribution is -0.126. The number of anilines is 1. The van der Waals surface area contributed by atoms with Crippen molar-refractivity contribution < 1.29 is 22.7 Å². The number of hydrogen-bond acceptors (Lipinski definition) is 5. The van der Waals surface area contributed by atoms with E-state index in [4.69, 9.17) is 4.74 Å². The summed E-state index contributed by atoms with van der Waals surface area (Å²) in [4.78, 5) is 26.9. The van der Waals surface area contributed by atoms with Gasteiger partial charge in [-0.1, -0.05) is 42.0 Å². The van der Waals surface area contributed by atoms with Gasteiger partial charge in [-0.05, 0) is 30.2 Å². The second-order valence-electron chi connectivity index (χ2n) is 8.50. The lowest BCUT2D eigenvalue weighted by atomic mass is 10.1. The van der Waals surface area contributed by atoms with Crippen LogP contribution < -0.4 is 10.2 Å². The van der Waals surface area contributed by atoms with Crippen LogP contribution in [0.2, 0.25) is 0 Å². The third-order valence-corrected chi connectivity index (χ3v) is 7.94. The maximum Gasteiger partial charge on any atom is 0.227 e. The van der Waals surface area contributed by atoms with E-state index in [1.807, 2.05) is 43.3 Å². The molecule has 4 rings (SSSR count). The molecule has 0 saturated carbocycles. The zero-order valence-electron chi connectivity index (χ0n) is 18.7. The molecule has 2 heterocycles. The smallest absolute Gasteiger partial charge is 0.227 e. The number of carbonyl (C=O) groups is 2. The van der Waals surface area contributed by atoms with Crippen molar-refractivity contribution >= 4 is 27.5 Å². The number of hydrogen-bond donors (Lipinski definition) is 1. The fourth-order valence-electron chi connectivity index (χ4n) is 4.17. The normalized spacial score (nSPS) is 19.6. The molecule has 176 valence electrons. The van der Waals surface area contributed by atoms with Crippen molar-refractivity contribution in [2.75, 3.05) is 37.7 Å². The summed E-state index contributed by atoms with van der Waals surface area (Å²) in [6.45, 7) is 4.04. The fourth-order valence-corrected chi connectivity index (χ4v) is 5.73. The van der Waals surface area contributed by atoms with E-state index in [2.05, 4.69) is 5.32 Å². The minimum Gasteiger partial charge on any atom is -0.379 e. The topological polar surface area (TPSA) is 96.0 Å². The minimum atomic E-state index is -3.47. The van der Waals surface area contributed by atoms with Crippen LogP contribution >= 0.6 is 0 Å². The number of ether oxygens (including phenoxy) is 1. The van der Waals surface area contributed by atoms with Crippen LogP contribution in [0.4, 0.5) is 5.69 Å². The van der Waals surface area contributed by atoms with Gasteiger partial charge < -0.3 is 15.0 Å². The molecule has 1 N–H and O–H groups in total. The number of nitrogens with one attached hydrogen (secondary N) is 1. The number of sulfonamides is 1. The number of rotatable bonds is 7. The molecule has 0 bridgehead atoms. The minimum absolute atomic E-state index is 0.0731. The first kappa shape index (κ1) is 23.4. The first-order valence-electron chi connectivity index (χ1n) is 11.1. The van der Waals surface area contributed by atoms with Gasteiger partial charge in [-0.2, -0.15) is 4.31 Å². The van der Waals surface area contributed by atoms with Crippen LogP contribution in [0.1, 0.15) is 23.1 Å². The van der Waals surface area contributed by atoms with Crippen molar-refractivity contribution in [3.8, 4) is 0 Å². The summed E-state index contributed by atoms with van der Waals surface area (Å²) in [5.41, 5.74) is 3.31. The lowest BCUT2D eigenvalue weighted by Crippen LogP contribution is -2.41. The van der Waals surface area contributed by atoms with E-state index < -0.39 is 15.9 Å². The molecule has 2 amide bonds. The SMILES string of the molecule is Cc1ccc(N2CC(C(=O)NCc3ccccc3CS(=O)(=O)N3CCOCC3)CC2=O)cc1. The molecule has 33 heavy (non-hydrogen) atoms. The Bertz CT molecular complexity index is 1110. The Labute approximate surface area is 194 Å². The molecule has 1 atom stereocenters. The quantitative estimate of drug-likeness (QED) is 0.665. The Morgan fingerprint density at radius 3 is 2.42 bits per heavy atom. The molecule has 2 aromatic rings. The molecule has 0 aromatic heterocycles. The zero-order chi connectivity index (χ0) is 23.4. The summed E-state index contributed by atoms with van der Waals surface area (Å²) in [7, 11) is -3.47. The Hall–Kier alpha value is -2.75. The average molecular weight is 472 g/mol. The van der Waals surface area contributed by atoms with Crippen LogP contribution in [0.15, 0.2) is 48.5 Å². The predicted molar refractivity (Wildman–Crippen MR) is 125 cm³/mol. The van der Waals surface area contributed by atoms with Gasteiger partial charge in [0.1, 0.15) is 0 Å². The second kappa shape index (κ2) is 10.0. The Morgan fingerprint density at radius 2 is 1.73 bits per heavy atom. The van der Waals surface area contributed by atoms with Crippen LogP contribution in [0.25, 0.3) is 0 Å². The van der Waals surface area contributed by atoms with Gasteiger partial charge in [0.05, 0.1) is 24.9 Å². The fraction of sp³-hybridized carbons (Fsp3) is 0.417. The van der Waals surface area contributed by atoms with Gasteiger partial charge in [0.15, 0.2) is 0 Å². The van der Waals surface area contributed by atoms with E-state index in [-0.39, 0.29) is 30.5 Å². The molecule has 8 nitrogen and oxygen atoms in total. The molecular weight excluding hydrogens is 442 g/mol. The highest BCUT2D eigenvalue weighted by molar-refractivity contribution is 7.88. The summed E-state index contributed by atoms with van der Waals surface area (Å²) in [5.74, 6) is -0.842. The summed E-state index contributed by atoms with van der Waals surface area (Å²) in [6.07, 6.45) is 0.159. The van der Waals surface area contributed by atoms with Crippen molar-refractivity contribution in [1.29, 1.82) is 0 Å². The number of morpholine rings is 1. The maximum absolute atomic E-state index is 12.8. The van der Waals surface area contributed by atoms with Gasteiger partial charge in [-0.25, -0.2) is 8.42 Å². The van der Waals surface area contributed by atoms with Gasteiger partial charge in [-0.15, -0.1) is 0 Å². The van der Waals surface area contributed by atoms with Gasteiger partial charge in [-0.3, -0.25) is 9.59 Å². The maximum atomic E-state index is 12.8. The number of aryl methyl sites for hydroxylation is 1. The van der Waals surface area contributed by atoms with Crippen LogP contribution in [-0.2, 0) is 36.6 Å².